The van der Waals surface area contributed by atoms with Gasteiger partial charge in [-0.2, -0.15) is 5.26 Å². The van der Waals surface area contributed by atoms with Crippen LogP contribution < -0.4 is 9.47 Å². The molecule has 0 bridgehead atoms. The number of amides is 2. The molecule has 0 radical (unpaired) electrons. The molecule has 1 aliphatic rings. The van der Waals surface area contributed by atoms with Crippen LogP contribution >= 0.6 is 27.7 Å². The van der Waals surface area contributed by atoms with Crippen LogP contribution in [0.15, 0.2) is 45.8 Å². The quantitative estimate of drug-likeness (QED) is 0.394. The summed E-state index contributed by atoms with van der Waals surface area (Å²) in [7, 11) is 0. The van der Waals surface area contributed by atoms with Gasteiger partial charge in [-0.05, 0) is 61.9 Å². The SMILES string of the molecule is CCOc1cc(/C=C2/SC(=O)N([C@@H](C)CC)C2=O)c(Br)cc1OCc1ccccc1C#N. The first-order valence-electron chi connectivity index (χ1n) is 10.2. The van der Waals surface area contributed by atoms with Crippen LogP contribution in [0.25, 0.3) is 6.08 Å². The molecule has 1 saturated heterocycles. The minimum atomic E-state index is -0.285. The Morgan fingerprint density at radius 3 is 2.59 bits per heavy atom. The summed E-state index contributed by atoms with van der Waals surface area (Å²) in [5.74, 6) is 0.738. The van der Waals surface area contributed by atoms with Crippen molar-refractivity contribution in [3.63, 3.8) is 0 Å². The lowest BCUT2D eigenvalue weighted by atomic mass is 10.1. The molecule has 0 unspecified atom stereocenters. The second-order valence-electron chi connectivity index (χ2n) is 7.12. The highest BCUT2D eigenvalue weighted by atomic mass is 79.9. The molecule has 1 atom stereocenters. The molecule has 2 aromatic rings. The molecule has 1 heterocycles. The van der Waals surface area contributed by atoms with E-state index in [1.54, 1.807) is 24.3 Å². The van der Waals surface area contributed by atoms with E-state index in [9.17, 15) is 14.9 Å². The van der Waals surface area contributed by atoms with E-state index in [-0.39, 0.29) is 23.8 Å². The van der Waals surface area contributed by atoms with E-state index in [4.69, 9.17) is 9.47 Å². The van der Waals surface area contributed by atoms with Crippen molar-refractivity contribution in [3.05, 3.63) is 62.5 Å². The van der Waals surface area contributed by atoms with Crippen LogP contribution in [-0.2, 0) is 11.4 Å². The molecule has 8 heteroatoms. The van der Waals surface area contributed by atoms with Crippen molar-refractivity contribution >= 4 is 44.9 Å². The Labute approximate surface area is 200 Å². The number of rotatable bonds is 8. The number of ether oxygens (including phenoxy) is 2. The van der Waals surface area contributed by atoms with E-state index in [0.717, 1.165) is 17.3 Å². The molecule has 0 saturated carbocycles. The summed E-state index contributed by atoms with van der Waals surface area (Å²) in [6.45, 7) is 6.31. The number of carbonyl (C=O) groups is 2. The van der Waals surface area contributed by atoms with Crippen LogP contribution in [0.4, 0.5) is 4.79 Å². The summed E-state index contributed by atoms with van der Waals surface area (Å²) >= 11 is 4.47. The third-order valence-corrected chi connectivity index (χ3v) is 6.60. The second-order valence-corrected chi connectivity index (χ2v) is 8.97. The van der Waals surface area contributed by atoms with Gasteiger partial charge in [0.25, 0.3) is 11.1 Å². The van der Waals surface area contributed by atoms with Crippen LogP contribution in [-0.4, -0.2) is 28.7 Å². The van der Waals surface area contributed by atoms with Crippen molar-refractivity contribution < 1.29 is 19.1 Å². The summed E-state index contributed by atoms with van der Waals surface area (Å²) in [5.41, 5.74) is 2.03. The fourth-order valence-corrected chi connectivity index (χ4v) is 4.49. The zero-order valence-electron chi connectivity index (χ0n) is 18.1. The van der Waals surface area contributed by atoms with Crippen molar-refractivity contribution in [2.45, 2.75) is 39.8 Å². The average molecular weight is 515 g/mol. The van der Waals surface area contributed by atoms with E-state index in [2.05, 4.69) is 22.0 Å². The van der Waals surface area contributed by atoms with Gasteiger partial charge in [0.15, 0.2) is 11.5 Å². The molecule has 1 aliphatic heterocycles. The van der Waals surface area contributed by atoms with Crippen molar-refractivity contribution in [3.8, 4) is 17.6 Å². The van der Waals surface area contributed by atoms with Crippen LogP contribution in [0.3, 0.4) is 0 Å². The number of nitrogens with zero attached hydrogens (tertiary/aromatic N) is 2. The Balaban J connectivity index is 1.89. The van der Waals surface area contributed by atoms with Gasteiger partial charge >= 0.3 is 0 Å². The maximum Gasteiger partial charge on any atom is 0.293 e. The van der Waals surface area contributed by atoms with Gasteiger partial charge in [-0.1, -0.05) is 41.1 Å². The zero-order chi connectivity index (χ0) is 23.3. The minimum absolute atomic E-state index is 0.150. The van der Waals surface area contributed by atoms with E-state index >= 15 is 0 Å². The maximum absolute atomic E-state index is 12.7. The number of hydrogen-bond donors (Lipinski definition) is 0. The van der Waals surface area contributed by atoms with E-state index in [0.29, 0.717) is 45.0 Å². The van der Waals surface area contributed by atoms with Crippen LogP contribution in [0, 0.1) is 11.3 Å². The third-order valence-electron chi connectivity index (χ3n) is 5.03. The topological polar surface area (TPSA) is 79.6 Å². The lowest BCUT2D eigenvalue weighted by molar-refractivity contribution is -0.124. The average Bonchev–Trinajstić information content (AvgIpc) is 3.07. The summed E-state index contributed by atoms with van der Waals surface area (Å²) in [5, 5.41) is 9.02. The molecular formula is C24H23BrN2O4S. The Morgan fingerprint density at radius 1 is 1.19 bits per heavy atom. The number of imide groups is 1. The lowest BCUT2D eigenvalue weighted by Gasteiger charge is -2.19. The van der Waals surface area contributed by atoms with E-state index < -0.39 is 0 Å². The van der Waals surface area contributed by atoms with Crippen LogP contribution in [0.5, 0.6) is 11.5 Å². The van der Waals surface area contributed by atoms with Gasteiger partial charge < -0.3 is 9.47 Å². The molecule has 166 valence electrons. The normalized spacial score (nSPS) is 15.7. The van der Waals surface area contributed by atoms with Crippen LogP contribution in [0.2, 0.25) is 0 Å². The molecule has 32 heavy (non-hydrogen) atoms. The number of hydrogen-bond acceptors (Lipinski definition) is 6. The fraction of sp³-hybridized carbons (Fsp3) is 0.292. The van der Waals surface area contributed by atoms with Gasteiger partial charge in [-0.25, -0.2) is 0 Å². The number of thioether (sulfide) groups is 1. The van der Waals surface area contributed by atoms with Crippen molar-refractivity contribution in [1.82, 2.24) is 4.90 Å². The predicted molar refractivity (Wildman–Crippen MR) is 128 cm³/mol. The summed E-state index contributed by atoms with van der Waals surface area (Å²) in [6.07, 6.45) is 2.39. The van der Waals surface area contributed by atoms with Crippen LogP contribution in [0.1, 0.15) is 43.9 Å². The summed E-state index contributed by atoms with van der Waals surface area (Å²) in [6, 6.07) is 12.8. The highest BCUT2D eigenvalue weighted by Crippen LogP contribution is 2.39. The highest BCUT2D eigenvalue weighted by Gasteiger charge is 2.37. The molecule has 0 aromatic heterocycles. The zero-order valence-corrected chi connectivity index (χ0v) is 20.5. The van der Waals surface area contributed by atoms with E-state index in [1.807, 2.05) is 39.0 Å². The molecule has 0 aliphatic carbocycles. The third kappa shape index (κ3) is 5.17. The number of halogens is 1. The monoisotopic (exact) mass is 514 g/mol. The molecule has 3 rings (SSSR count). The van der Waals surface area contributed by atoms with Gasteiger partial charge in [0.1, 0.15) is 6.61 Å². The first kappa shape index (κ1) is 23.9. The minimum Gasteiger partial charge on any atom is -0.490 e. The Morgan fingerprint density at radius 2 is 1.91 bits per heavy atom. The fourth-order valence-electron chi connectivity index (χ4n) is 3.14. The standard InChI is InChI=1S/C24H23BrN2O4S/c1-4-15(3)27-23(28)22(32-24(27)29)11-18-10-20(30-5-2)21(12-19(18)25)31-14-17-9-7-6-8-16(17)13-26/h6-12,15H,4-5,14H2,1-3H3/b22-11+/t15-/m0/s1. The summed E-state index contributed by atoms with van der Waals surface area (Å²) in [4.78, 5) is 26.7. The number of benzene rings is 2. The molecule has 6 nitrogen and oxygen atoms in total. The Hall–Kier alpha value is -2.76. The molecule has 2 amide bonds. The molecule has 0 N–H and O–H groups in total. The Bertz CT molecular complexity index is 1110. The van der Waals surface area contributed by atoms with Crippen molar-refractivity contribution in [2.24, 2.45) is 0 Å². The largest absolute Gasteiger partial charge is 0.490 e. The van der Waals surface area contributed by atoms with Crippen molar-refractivity contribution in [2.75, 3.05) is 6.61 Å². The second kappa shape index (κ2) is 10.7. The Kier molecular flexibility index (Phi) is 7.99. The molecule has 2 aromatic carbocycles. The van der Waals surface area contributed by atoms with Gasteiger partial charge in [0.2, 0.25) is 0 Å². The lowest BCUT2D eigenvalue weighted by Crippen LogP contribution is -2.36. The van der Waals surface area contributed by atoms with Gasteiger partial charge in [0, 0.05) is 16.1 Å². The van der Waals surface area contributed by atoms with Gasteiger partial charge in [-0.3, -0.25) is 14.5 Å². The first-order chi connectivity index (χ1) is 15.4. The molecule has 1 fully saturated rings. The molecule has 0 spiro atoms. The number of carbonyl (C=O) groups excluding carboxylic acids is 2. The van der Waals surface area contributed by atoms with Gasteiger partial charge in [-0.15, -0.1) is 0 Å². The number of nitriles is 1. The highest BCUT2D eigenvalue weighted by molar-refractivity contribution is 9.10. The first-order valence-corrected chi connectivity index (χ1v) is 11.8. The maximum atomic E-state index is 12.7. The summed E-state index contributed by atoms with van der Waals surface area (Å²) < 4.78 is 12.4. The smallest absolute Gasteiger partial charge is 0.293 e. The predicted octanol–water partition coefficient (Wildman–Crippen LogP) is 6.13. The molecular weight excluding hydrogens is 492 g/mol. The van der Waals surface area contributed by atoms with Crippen molar-refractivity contribution in [1.29, 1.82) is 5.26 Å². The van der Waals surface area contributed by atoms with Gasteiger partial charge in [0.05, 0.1) is 23.1 Å². The van der Waals surface area contributed by atoms with E-state index in [1.165, 1.54) is 4.90 Å².